The van der Waals surface area contributed by atoms with Gasteiger partial charge in [-0.15, -0.1) is 0 Å². The number of halogens is 1. The zero-order valence-corrected chi connectivity index (χ0v) is 16.6. The third kappa shape index (κ3) is 3.83. The number of hydrogen-bond donors (Lipinski definition) is 2. The molecule has 1 aliphatic heterocycles. The number of nitrogens with zero attached hydrogens (tertiary/aromatic N) is 3. The Labute approximate surface area is 174 Å². The van der Waals surface area contributed by atoms with Crippen LogP contribution in [0.2, 0.25) is 0 Å². The zero-order chi connectivity index (χ0) is 21.1. The molecule has 0 bridgehead atoms. The van der Waals surface area contributed by atoms with Crippen molar-refractivity contribution in [1.29, 1.82) is 5.41 Å². The van der Waals surface area contributed by atoms with Crippen molar-refractivity contribution in [3.05, 3.63) is 71.9 Å². The van der Waals surface area contributed by atoms with E-state index < -0.39 is 5.82 Å². The van der Waals surface area contributed by atoms with Crippen molar-refractivity contribution in [2.24, 2.45) is 11.7 Å². The van der Waals surface area contributed by atoms with E-state index in [2.05, 4.69) is 9.55 Å². The van der Waals surface area contributed by atoms with Gasteiger partial charge in [-0.25, -0.2) is 9.37 Å². The molecule has 1 saturated heterocycles. The van der Waals surface area contributed by atoms with Gasteiger partial charge >= 0.3 is 0 Å². The topological polar surface area (TPSA) is 88.0 Å². The normalized spacial score (nSPS) is 15.5. The van der Waals surface area contributed by atoms with Crippen LogP contribution in [0.25, 0.3) is 16.6 Å². The lowest BCUT2D eigenvalue weighted by molar-refractivity contribution is 0.0679. The van der Waals surface area contributed by atoms with E-state index >= 15 is 0 Å². The summed E-state index contributed by atoms with van der Waals surface area (Å²) in [6.45, 7) is 2.10. The standard InChI is InChI=1S/C23H24FN5O/c24-19-4-2-1-3-18(19)23(30)28-10-7-16(8-11-28)15-29-12-9-21-22(29)6-5-20(27-21)17(13-25)14-26/h1-6,9,12-14,16,25H,7-8,10-11,15,26H2/b17-14+,25-13?. The van der Waals surface area contributed by atoms with Crippen LogP contribution in [0.3, 0.4) is 0 Å². The lowest BCUT2D eigenvalue weighted by atomic mass is 9.96. The number of allylic oxidation sites excluding steroid dienone is 1. The van der Waals surface area contributed by atoms with Gasteiger partial charge in [0.2, 0.25) is 0 Å². The Kier molecular flexibility index (Phi) is 5.61. The van der Waals surface area contributed by atoms with E-state index in [4.69, 9.17) is 11.1 Å². The number of pyridine rings is 1. The van der Waals surface area contributed by atoms with Crippen LogP contribution < -0.4 is 5.73 Å². The quantitative estimate of drug-likeness (QED) is 0.635. The van der Waals surface area contributed by atoms with E-state index in [9.17, 15) is 9.18 Å². The van der Waals surface area contributed by atoms with E-state index in [0.29, 0.717) is 30.3 Å². The molecule has 0 unspecified atom stereocenters. The molecule has 0 aliphatic carbocycles. The number of benzene rings is 1. The van der Waals surface area contributed by atoms with Crippen molar-refractivity contribution in [1.82, 2.24) is 14.5 Å². The van der Waals surface area contributed by atoms with E-state index in [-0.39, 0.29) is 11.5 Å². The van der Waals surface area contributed by atoms with Gasteiger partial charge in [0.25, 0.3) is 5.91 Å². The van der Waals surface area contributed by atoms with E-state index in [1.54, 1.807) is 23.1 Å². The molecular weight excluding hydrogens is 381 g/mol. The minimum absolute atomic E-state index is 0.144. The third-order valence-corrected chi connectivity index (χ3v) is 5.72. The van der Waals surface area contributed by atoms with Crippen LogP contribution in [0.4, 0.5) is 4.39 Å². The van der Waals surface area contributed by atoms with Gasteiger partial charge in [0.1, 0.15) is 5.82 Å². The van der Waals surface area contributed by atoms with Gasteiger partial charge in [0, 0.05) is 43.8 Å². The van der Waals surface area contributed by atoms with Crippen molar-refractivity contribution in [2.75, 3.05) is 13.1 Å². The predicted molar refractivity (Wildman–Crippen MR) is 116 cm³/mol. The smallest absolute Gasteiger partial charge is 0.256 e. The fourth-order valence-corrected chi connectivity index (χ4v) is 4.00. The number of nitrogens with one attached hydrogen (secondary N) is 1. The van der Waals surface area contributed by atoms with Crippen molar-refractivity contribution in [3.8, 4) is 0 Å². The second kappa shape index (κ2) is 8.49. The van der Waals surface area contributed by atoms with Crippen LogP contribution in [-0.4, -0.2) is 39.7 Å². The van der Waals surface area contributed by atoms with Crippen LogP contribution >= 0.6 is 0 Å². The molecule has 154 valence electrons. The molecule has 6 nitrogen and oxygen atoms in total. The summed E-state index contributed by atoms with van der Waals surface area (Å²) in [5.74, 6) is -0.262. The molecule has 3 aromatic rings. The van der Waals surface area contributed by atoms with Gasteiger partial charge in [-0.2, -0.15) is 0 Å². The zero-order valence-electron chi connectivity index (χ0n) is 16.6. The molecule has 0 spiro atoms. The molecule has 1 aliphatic rings. The van der Waals surface area contributed by atoms with Crippen LogP contribution in [0, 0.1) is 17.1 Å². The van der Waals surface area contributed by atoms with Crippen molar-refractivity contribution < 1.29 is 9.18 Å². The van der Waals surface area contributed by atoms with Gasteiger partial charge < -0.3 is 20.6 Å². The Morgan fingerprint density at radius 2 is 1.97 bits per heavy atom. The molecule has 2 aromatic heterocycles. The second-order valence-corrected chi connectivity index (χ2v) is 7.55. The summed E-state index contributed by atoms with van der Waals surface area (Å²) in [7, 11) is 0. The van der Waals surface area contributed by atoms with E-state index in [1.165, 1.54) is 18.5 Å². The summed E-state index contributed by atoms with van der Waals surface area (Å²) in [4.78, 5) is 18.9. The molecule has 30 heavy (non-hydrogen) atoms. The first kappa shape index (κ1) is 19.8. The number of likely N-dealkylation sites (tertiary alicyclic amines) is 1. The molecule has 4 rings (SSSR count). The summed E-state index contributed by atoms with van der Waals surface area (Å²) in [6.07, 6.45) is 6.35. The number of nitrogens with two attached hydrogens (primary N) is 1. The lowest BCUT2D eigenvalue weighted by Crippen LogP contribution is -2.39. The highest BCUT2D eigenvalue weighted by molar-refractivity contribution is 6.07. The molecule has 1 fully saturated rings. The number of hydrogen-bond acceptors (Lipinski definition) is 4. The Hall–Kier alpha value is -3.48. The highest BCUT2D eigenvalue weighted by atomic mass is 19.1. The monoisotopic (exact) mass is 405 g/mol. The Bertz CT molecular complexity index is 1110. The molecule has 0 atom stereocenters. The predicted octanol–water partition coefficient (Wildman–Crippen LogP) is 3.68. The molecular formula is C23H24FN5O. The second-order valence-electron chi connectivity index (χ2n) is 7.55. The number of rotatable bonds is 5. The minimum Gasteiger partial charge on any atom is -0.404 e. The molecule has 3 N–H and O–H groups in total. The maximum Gasteiger partial charge on any atom is 0.256 e. The number of amides is 1. The van der Waals surface area contributed by atoms with E-state index in [1.807, 2.05) is 24.4 Å². The Morgan fingerprint density at radius 1 is 1.20 bits per heavy atom. The first-order valence-corrected chi connectivity index (χ1v) is 10.0. The first-order valence-electron chi connectivity index (χ1n) is 10.0. The summed E-state index contributed by atoms with van der Waals surface area (Å²) in [6, 6.07) is 12.0. The highest BCUT2D eigenvalue weighted by Crippen LogP contribution is 2.24. The number of piperidine rings is 1. The molecule has 0 saturated carbocycles. The summed E-state index contributed by atoms with van der Waals surface area (Å²) >= 11 is 0. The maximum atomic E-state index is 13.9. The fraction of sp³-hybridized carbons (Fsp3) is 0.261. The average molecular weight is 405 g/mol. The largest absolute Gasteiger partial charge is 0.404 e. The molecule has 0 radical (unpaired) electrons. The molecule has 3 heterocycles. The van der Waals surface area contributed by atoms with Gasteiger partial charge in [-0.3, -0.25) is 4.79 Å². The van der Waals surface area contributed by atoms with Crippen LogP contribution in [0.15, 0.2) is 54.9 Å². The number of fused-ring (bicyclic) bond motifs is 1. The van der Waals surface area contributed by atoms with E-state index in [0.717, 1.165) is 30.4 Å². The highest BCUT2D eigenvalue weighted by Gasteiger charge is 2.25. The first-order chi connectivity index (χ1) is 14.6. The van der Waals surface area contributed by atoms with Crippen LogP contribution in [-0.2, 0) is 6.54 Å². The van der Waals surface area contributed by atoms with Crippen molar-refractivity contribution in [2.45, 2.75) is 19.4 Å². The van der Waals surface area contributed by atoms with Gasteiger partial charge in [-0.1, -0.05) is 12.1 Å². The third-order valence-electron chi connectivity index (χ3n) is 5.72. The minimum atomic E-state index is -0.467. The van der Waals surface area contributed by atoms with Gasteiger partial charge in [0.05, 0.1) is 22.3 Å². The number of aromatic nitrogens is 2. The van der Waals surface area contributed by atoms with Crippen LogP contribution in [0.1, 0.15) is 28.9 Å². The number of carbonyl (C=O) groups excluding carboxylic acids is 1. The van der Waals surface area contributed by atoms with Gasteiger partial charge in [0.15, 0.2) is 0 Å². The Morgan fingerprint density at radius 3 is 2.67 bits per heavy atom. The summed E-state index contributed by atoms with van der Waals surface area (Å²) < 4.78 is 16.1. The number of carbonyl (C=O) groups is 1. The Balaban J connectivity index is 1.42. The summed E-state index contributed by atoms with van der Waals surface area (Å²) in [5, 5.41) is 7.43. The molecule has 1 aromatic carbocycles. The fourth-order valence-electron chi connectivity index (χ4n) is 4.00. The van der Waals surface area contributed by atoms with Crippen LogP contribution in [0.5, 0.6) is 0 Å². The van der Waals surface area contributed by atoms with Gasteiger partial charge in [-0.05, 0) is 49.1 Å². The SMILES string of the molecule is N=C/C(=C\N)c1ccc2c(ccn2CC2CCN(C(=O)c3ccccc3F)CC2)n1. The molecule has 7 heteroatoms. The van der Waals surface area contributed by atoms with Crippen molar-refractivity contribution >= 4 is 28.7 Å². The summed E-state index contributed by atoms with van der Waals surface area (Å²) in [5.41, 5.74) is 8.86. The maximum absolute atomic E-state index is 13.9. The van der Waals surface area contributed by atoms with Crippen molar-refractivity contribution in [3.63, 3.8) is 0 Å². The lowest BCUT2D eigenvalue weighted by Gasteiger charge is -2.32. The molecule has 1 amide bonds. The average Bonchev–Trinajstić information content (AvgIpc) is 3.17.